The fourth-order valence-corrected chi connectivity index (χ4v) is 3.12. The summed E-state index contributed by atoms with van der Waals surface area (Å²) in [6.45, 7) is 8.53. The average Bonchev–Trinajstić information content (AvgIpc) is 3.02. The molecule has 0 aromatic carbocycles. The van der Waals surface area contributed by atoms with E-state index >= 15 is 0 Å². The highest BCUT2D eigenvalue weighted by Gasteiger charge is 2.27. The Morgan fingerprint density at radius 1 is 1.45 bits per heavy atom. The highest BCUT2D eigenvalue weighted by Crippen LogP contribution is 2.13. The summed E-state index contributed by atoms with van der Waals surface area (Å²) in [5.74, 6) is 0.855. The van der Waals surface area contributed by atoms with E-state index in [0.29, 0.717) is 12.2 Å². The fourth-order valence-electron chi connectivity index (χ4n) is 1.23. The third-order valence-corrected chi connectivity index (χ3v) is 6.41. The van der Waals surface area contributed by atoms with Gasteiger partial charge in [-0.25, -0.2) is 4.79 Å². The Bertz CT molecular complexity index is 326. The lowest BCUT2D eigenvalue weighted by Crippen LogP contribution is -2.36. The second-order valence-electron chi connectivity index (χ2n) is 4.44. The van der Waals surface area contributed by atoms with Gasteiger partial charge in [0.2, 0.25) is 0 Å². The topological polar surface area (TPSA) is 57.1 Å². The molecule has 0 bridgehead atoms. The molecule has 116 valence electrons. The van der Waals surface area contributed by atoms with E-state index in [1.54, 1.807) is 32.9 Å². The lowest BCUT2D eigenvalue weighted by molar-refractivity contribution is -0.138. The first kappa shape index (κ1) is 19.4. The largest absolute Gasteiger partial charge is 0.462 e. The van der Waals surface area contributed by atoms with Crippen LogP contribution < -0.4 is 0 Å². The average molecular weight is 319 g/mol. The van der Waals surface area contributed by atoms with Crippen LogP contribution in [0.2, 0.25) is 12.6 Å². The molecule has 0 saturated heterocycles. The van der Waals surface area contributed by atoms with Gasteiger partial charge in [-0.2, -0.15) is 0 Å². The van der Waals surface area contributed by atoms with E-state index in [0.717, 1.165) is 19.0 Å². The van der Waals surface area contributed by atoms with Crippen molar-refractivity contribution in [1.29, 1.82) is 0 Å². The Hall–Kier alpha value is -0.633. The van der Waals surface area contributed by atoms with Crippen molar-refractivity contribution in [3.8, 4) is 0 Å². The quantitative estimate of drug-likeness (QED) is 0.312. The van der Waals surface area contributed by atoms with Gasteiger partial charge in [-0.15, -0.1) is 11.8 Å². The first-order valence-corrected chi connectivity index (χ1v) is 10.0. The van der Waals surface area contributed by atoms with Crippen molar-refractivity contribution in [3.63, 3.8) is 0 Å². The van der Waals surface area contributed by atoms with Crippen LogP contribution in [0.1, 0.15) is 13.3 Å². The summed E-state index contributed by atoms with van der Waals surface area (Å²) < 4.78 is 15.6. The molecule has 0 amide bonds. The number of hydrogen-bond donors (Lipinski definition) is 0. The summed E-state index contributed by atoms with van der Waals surface area (Å²) in [7, 11) is 1.29. The Kier molecular flexibility index (Phi) is 10.7. The molecule has 0 spiro atoms. The van der Waals surface area contributed by atoms with E-state index in [2.05, 4.69) is 11.6 Å². The summed E-state index contributed by atoms with van der Waals surface area (Å²) in [6, 6.07) is 0.809. The highest BCUT2D eigenvalue weighted by molar-refractivity contribution is 8.12. The molecule has 5 nitrogen and oxygen atoms in total. The van der Waals surface area contributed by atoms with Gasteiger partial charge >= 0.3 is 14.5 Å². The maximum absolute atomic E-state index is 11.0. The molecule has 1 rings (SSSR count). The number of ether oxygens (including phenoxy) is 1. The van der Waals surface area contributed by atoms with E-state index in [9.17, 15) is 4.79 Å². The van der Waals surface area contributed by atoms with Gasteiger partial charge in [0.1, 0.15) is 0 Å². The summed E-state index contributed by atoms with van der Waals surface area (Å²) >= 11 is 1.78. The number of esters is 1. The van der Waals surface area contributed by atoms with Crippen LogP contribution in [0.25, 0.3) is 0 Å². The normalized spacial score (nSPS) is 13.6. The van der Waals surface area contributed by atoms with Crippen molar-refractivity contribution in [2.24, 2.45) is 4.99 Å². The molecule has 0 fully saturated rings. The SMILES string of the molecule is C1=NCCS1.C=C(C)C(=O)OCCC[Si](C)(OC)OC. The Morgan fingerprint density at radius 3 is 2.45 bits per heavy atom. The number of hydrogen-bond acceptors (Lipinski definition) is 6. The molecule has 1 heterocycles. The Morgan fingerprint density at radius 2 is 2.10 bits per heavy atom. The molecule has 0 N–H and O–H groups in total. The van der Waals surface area contributed by atoms with E-state index < -0.39 is 8.56 Å². The number of thioether (sulfide) groups is 1. The van der Waals surface area contributed by atoms with Gasteiger partial charge in [0.15, 0.2) is 0 Å². The van der Waals surface area contributed by atoms with Crippen molar-refractivity contribution < 1.29 is 18.4 Å². The first-order chi connectivity index (χ1) is 9.45. The molecule has 1 aliphatic heterocycles. The maximum atomic E-state index is 11.0. The molecular weight excluding hydrogens is 294 g/mol. The van der Waals surface area contributed by atoms with E-state index in [1.165, 1.54) is 5.75 Å². The van der Waals surface area contributed by atoms with Crippen molar-refractivity contribution >= 4 is 31.8 Å². The molecule has 0 saturated carbocycles. The summed E-state index contributed by atoms with van der Waals surface area (Å²) in [5, 5.41) is 0. The minimum Gasteiger partial charge on any atom is -0.462 e. The summed E-state index contributed by atoms with van der Waals surface area (Å²) in [6.07, 6.45) is 0.753. The van der Waals surface area contributed by atoms with Crippen LogP contribution in [0, 0.1) is 0 Å². The summed E-state index contributed by atoms with van der Waals surface area (Å²) in [5.41, 5.74) is 2.33. The Balaban J connectivity index is 0.000000595. The van der Waals surface area contributed by atoms with Crippen LogP contribution in [0.4, 0.5) is 0 Å². The predicted molar refractivity (Wildman–Crippen MR) is 86.7 cm³/mol. The molecule has 20 heavy (non-hydrogen) atoms. The lowest BCUT2D eigenvalue weighted by Gasteiger charge is -2.22. The monoisotopic (exact) mass is 319 g/mol. The standard InChI is InChI=1S/C10H20O4Si.C3H5NS/c1-9(2)10(11)14-7-6-8-15(5,12-3)13-4;1-2-5-3-4-1/h1,6-8H2,2-5H3;3H,1-2H2. The van der Waals surface area contributed by atoms with Gasteiger partial charge < -0.3 is 13.6 Å². The molecule has 0 unspecified atom stereocenters. The predicted octanol–water partition coefficient (Wildman–Crippen LogP) is 2.62. The van der Waals surface area contributed by atoms with Crippen LogP contribution in [0.15, 0.2) is 17.1 Å². The van der Waals surface area contributed by atoms with E-state index in [-0.39, 0.29) is 5.97 Å². The van der Waals surface area contributed by atoms with Crippen LogP contribution >= 0.6 is 11.8 Å². The fraction of sp³-hybridized carbons (Fsp3) is 0.692. The lowest BCUT2D eigenvalue weighted by atomic mass is 10.4. The zero-order valence-electron chi connectivity index (χ0n) is 12.8. The number of aliphatic imine (C=N–C) groups is 1. The smallest absolute Gasteiger partial charge is 0.334 e. The maximum Gasteiger partial charge on any atom is 0.334 e. The van der Waals surface area contributed by atoms with Gasteiger partial charge in [0, 0.05) is 32.1 Å². The van der Waals surface area contributed by atoms with Gasteiger partial charge in [-0.05, 0) is 25.9 Å². The molecule has 0 radical (unpaired) electrons. The number of nitrogens with zero attached hydrogens (tertiary/aromatic N) is 1. The molecule has 1 aliphatic rings. The van der Waals surface area contributed by atoms with Crippen LogP contribution in [-0.4, -0.2) is 53.2 Å². The number of rotatable bonds is 7. The van der Waals surface area contributed by atoms with E-state index in [4.69, 9.17) is 13.6 Å². The Labute approximate surface area is 127 Å². The van der Waals surface area contributed by atoms with E-state index in [1.807, 2.05) is 12.1 Å². The first-order valence-electron chi connectivity index (χ1n) is 6.48. The third kappa shape index (κ3) is 9.30. The molecule has 0 aliphatic carbocycles. The van der Waals surface area contributed by atoms with Crippen molar-refractivity contribution in [1.82, 2.24) is 0 Å². The molecular formula is C13H25NO4SSi. The van der Waals surface area contributed by atoms with Gasteiger partial charge in [0.05, 0.1) is 12.2 Å². The highest BCUT2D eigenvalue weighted by atomic mass is 32.2. The molecule has 0 atom stereocenters. The number of carbonyl (C=O) groups is 1. The van der Waals surface area contributed by atoms with Crippen LogP contribution in [0.5, 0.6) is 0 Å². The minimum absolute atomic E-state index is 0.340. The van der Waals surface area contributed by atoms with Gasteiger partial charge in [-0.1, -0.05) is 6.58 Å². The van der Waals surface area contributed by atoms with Gasteiger partial charge in [0.25, 0.3) is 0 Å². The zero-order valence-corrected chi connectivity index (χ0v) is 14.6. The van der Waals surface area contributed by atoms with Crippen molar-refractivity contribution in [2.75, 3.05) is 33.1 Å². The van der Waals surface area contributed by atoms with Crippen LogP contribution in [0.3, 0.4) is 0 Å². The molecule has 0 aromatic rings. The summed E-state index contributed by atoms with van der Waals surface area (Å²) in [4.78, 5) is 15.0. The minimum atomic E-state index is -2.01. The van der Waals surface area contributed by atoms with Crippen molar-refractivity contribution in [2.45, 2.75) is 25.9 Å². The van der Waals surface area contributed by atoms with Gasteiger partial charge in [-0.3, -0.25) is 4.99 Å². The number of carbonyl (C=O) groups excluding carboxylic acids is 1. The second kappa shape index (κ2) is 11.1. The zero-order chi connectivity index (χ0) is 15.4. The molecule has 7 heteroatoms. The third-order valence-electron chi connectivity index (χ3n) is 2.71. The van der Waals surface area contributed by atoms with Crippen LogP contribution in [-0.2, 0) is 18.4 Å². The second-order valence-corrected chi connectivity index (χ2v) is 8.98. The molecule has 0 aromatic heterocycles. The van der Waals surface area contributed by atoms with Crippen molar-refractivity contribution in [3.05, 3.63) is 12.2 Å².